The Morgan fingerprint density at radius 3 is 2.94 bits per heavy atom. The maximum Gasteiger partial charge on any atom is 0.307 e. The number of aryl methyl sites for hydroxylation is 2. The Morgan fingerprint density at radius 1 is 1.56 bits per heavy atom. The third kappa shape index (κ3) is 1.84. The van der Waals surface area contributed by atoms with Gasteiger partial charge in [0.05, 0.1) is 5.92 Å². The molecule has 0 saturated heterocycles. The standard InChI is InChI=1S/C14H18O2/c1-3-11(14(15)16)13-7-5-10-8-9(2)4-6-12(10)13/h4,6,8,11,13H,3,5,7H2,1-2H3,(H,15,16)/t11-,13-/m0/s1. The monoisotopic (exact) mass is 218 g/mol. The van der Waals surface area contributed by atoms with E-state index in [1.54, 1.807) is 0 Å². The first-order chi connectivity index (χ1) is 7.63. The molecule has 86 valence electrons. The molecule has 0 spiro atoms. The van der Waals surface area contributed by atoms with Gasteiger partial charge in [0, 0.05) is 0 Å². The van der Waals surface area contributed by atoms with Crippen LogP contribution in [0.4, 0.5) is 0 Å². The molecule has 0 radical (unpaired) electrons. The van der Waals surface area contributed by atoms with E-state index in [1.807, 2.05) is 6.92 Å². The number of carboxylic acid groups (broad SMARTS) is 1. The van der Waals surface area contributed by atoms with Gasteiger partial charge >= 0.3 is 5.97 Å². The van der Waals surface area contributed by atoms with E-state index in [1.165, 1.54) is 16.7 Å². The van der Waals surface area contributed by atoms with Gasteiger partial charge in [-0.05, 0) is 43.2 Å². The van der Waals surface area contributed by atoms with E-state index in [0.717, 1.165) is 12.8 Å². The first-order valence-corrected chi connectivity index (χ1v) is 5.95. The molecule has 0 aromatic heterocycles. The van der Waals surface area contributed by atoms with Gasteiger partial charge in [-0.1, -0.05) is 30.7 Å². The normalized spacial score (nSPS) is 20.5. The van der Waals surface area contributed by atoms with Crippen molar-refractivity contribution in [1.29, 1.82) is 0 Å². The van der Waals surface area contributed by atoms with Crippen molar-refractivity contribution in [3.63, 3.8) is 0 Å². The number of hydrogen-bond donors (Lipinski definition) is 1. The number of aliphatic carboxylic acids is 1. The Morgan fingerprint density at radius 2 is 2.31 bits per heavy atom. The minimum atomic E-state index is -0.652. The van der Waals surface area contributed by atoms with Crippen molar-refractivity contribution in [3.8, 4) is 0 Å². The molecule has 0 bridgehead atoms. The molecule has 1 aliphatic rings. The van der Waals surface area contributed by atoms with Gasteiger partial charge in [-0.2, -0.15) is 0 Å². The Kier molecular flexibility index (Phi) is 2.99. The molecule has 0 unspecified atom stereocenters. The topological polar surface area (TPSA) is 37.3 Å². The van der Waals surface area contributed by atoms with Crippen molar-refractivity contribution in [3.05, 3.63) is 34.9 Å². The fourth-order valence-electron chi connectivity index (χ4n) is 2.83. The lowest BCUT2D eigenvalue weighted by atomic mass is 9.85. The number of rotatable bonds is 3. The van der Waals surface area contributed by atoms with Crippen LogP contribution in [0, 0.1) is 12.8 Å². The summed E-state index contributed by atoms with van der Waals surface area (Å²) in [6, 6.07) is 6.41. The molecular formula is C14H18O2. The van der Waals surface area contributed by atoms with E-state index < -0.39 is 5.97 Å². The van der Waals surface area contributed by atoms with Gasteiger partial charge in [-0.15, -0.1) is 0 Å². The summed E-state index contributed by atoms with van der Waals surface area (Å²) in [4.78, 5) is 11.2. The number of carbonyl (C=O) groups is 1. The van der Waals surface area contributed by atoms with Crippen molar-refractivity contribution in [2.24, 2.45) is 5.92 Å². The lowest BCUT2D eigenvalue weighted by molar-refractivity contribution is -0.142. The summed E-state index contributed by atoms with van der Waals surface area (Å²) in [6.07, 6.45) is 2.74. The smallest absolute Gasteiger partial charge is 0.307 e. The molecule has 2 nitrogen and oxygen atoms in total. The first kappa shape index (κ1) is 11.2. The van der Waals surface area contributed by atoms with Gasteiger partial charge in [-0.25, -0.2) is 0 Å². The Labute approximate surface area is 96.3 Å². The van der Waals surface area contributed by atoms with Crippen molar-refractivity contribution < 1.29 is 9.90 Å². The SMILES string of the molecule is CC[C@H](C(=O)O)[C@@H]1CCc2cc(C)ccc21. The highest BCUT2D eigenvalue weighted by atomic mass is 16.4. The van der Waals surface area contributed by atoms with Crippen molar-refractivity contribution in [1.82, 2.24) is 0 Å². The summed E-state index contributed by atoms with van der Waals surface area (Å²) in [5, 5.41) is 9.21. The van der Waals surface area contributed by atoms with E-state index >= 15 is 0 Å². The highest BCUT2D eigenvalue weighted by molar-refractivity contribution is 5.71. The quantitative estimate of drug-likeness (QED) is 0.846. The van der Waals surface area contributed by atoms with Crippen molar-refractivity contribution in [2.45, 2.75) is 39.0 Å². The Balaban J connectivity index is 2.32. The van der Waals surface area contributed by atoms with Crippen LogP contribution in [-0.4, -0.2) is 11.1 Å². The molecule has 0 aliphatic heterocycles. The van der Waals surface area contributed by atoms with Gasteiger partial charge in [0.25, 0.3) is 0 Å². The minimum absolute atomic E-state index is 0.219. The average molecular weight is 218 g/mol. The van der Waals surface area contributed by atoms with E-state index in [9.17, 15) is 9.90 Å². The van der Waals surface area contributed by atoms with Crippen molar-refractivity contribution in [2.75, 3.05) is 0 Å². The molecule has 0 saturated carbocycles. The predicted molar refractivity (Wildman–Crippen MR) is 63.7 cm³/mol. The molecule has 2 atom stereocenters. The highest BCUT2D eigenvalue weighted by Gasteiger charge is 2.32. The molecule has 1 aromatic rings. The Bertz CT molecular complexity index is 409. The van der Waals surface area contributed by atoms with Gasteiger partial charge in [-0.3, -0.25) is 4.79 Å². The molecule has 1 aromatic carbocycles. The van der Waals surface area contributed by atoms with Crippen LogP contribution in [-0.2, 0) is 11.2 Å². The third-order valence-electron chi connectivity index (χ3n) is 3.67. The van der Waals surface area contributed by atoms with E-state index in [4.69, 9.17) is 0 Å². The summed E-state index contributed by atoms with van der Waals surface area (Å²) in [5.74, 6) is -0.650. The third-order valence-corrected chi connectivity index (χ3v) is 3.67. The van der Waals surface area contributed by atoms with Crippen LogP contribution in [0.5, 0.6) is 0 Å². The van der Waals surface area contributed by atoms with Crippen molar-refractivity contribution >= 4 is 5.97 Å². The Hall–Kier alpha value is -1.31. The van der Waals surface area contributed by atoms with Crippen LogP contribution >= 0.6 is 0 Å². The van der Waals surface area contributed by atoms with Crippen LogP contribution in [0.3, 0.4) is 0 Å². The van der Waals surface area contributed by atoms with E-state index in [2.05, 4.69) is 25.1 Å². The van der Waals surface area contributed by atoms with E-state index in [-0.39, 0.29) is 11.8 Å². The van der Waals surface area contributed by atoms with Gasteiger partial charge in [0.15, 0.2) is 0 Å². The van der Waals surface area contributed by atoms with E-state index in [0.29, 0.717) is 6.42 Å². The second-order valence-corrected chi connectivity index (χ2v) is 4.70. The molecule has 0 fully saturated rings. The summed E-state index contributed by atoms with van der Waals surface area (Å²) in [6.45, 7) is 4.05. The zero-order valence-corrected chi connectivity index (χ0v) is 9.86. The van der Waals surface area contributed by atoms with Gasteiger partial charge < -0.3 is 5.11 Å². The van der Waals surface area contributed by atoms with Crippen LogP contribution < -0.4 is 0 Å². The number of hydrogen-bond acceptors (Lipinski definition) is 1. The lowest BCUT2D eigenvalue weighted by Gasteiger charge is -2.19. The highest BCUT2D eigenvalue weighted by Crippen LogP contribution is 2.40. The zero-order chi connectivity index (χ0) is 11.7. The van der Waals surface area contributed by atoms with Crippen LogP contribution in [0.2, 0.25) is 0 Å². The predicted octanol–water partition coefficient (Wildman–Crippen LogP) is 3.14. The maximum atomic E-state index is 11.2. The maximum absolute atomic E-state index is 11.2. The number of benzene rings is 1. The summed E-state index contributed by atoms with van der Waals surface area (Å²) in [5.41, 5.74) is 3.88. The fraction of sp³-hybridized carbons (Fsp3) is 0.500. The number of carboxylic acids is 1. The zero-order valence-electron chi connectivity index (χ0n) is 9.86. The molecule has 16 heavy (non-hydrogen) atoms. The first-order valence-electron chi connectivity index (χ1n) is 5.95. The molecule has 2 heteroatoms. The molecule has 0 heterocycles. The van der Waals surface area contributed by atoms with Crippen LogP contribution in [0.1, 0.15) is 42.4 Å². The largest absolute Gasteiger partial charge is 0.481 e. The molecule has 2 rings (SSSR count). The van der Waals surface area contributed by atoms with Crippen LogP contribution in [0.25, 0.3) is 0 Å². The summed E-state index contributed by atoms with van der Waals surface area (Å²) < 4.78 is 0. The summed E-state index contributed by atoms with van der Waals surface area (Å²) in [7, 11) is 0. The van der Waals surface area contributed by atoms with Gasteiger partial charge in [0.2, 0.25) is 0 Å². The number of fused-ring (bicyclic) bond motifs is 1. The molecule has 1 N–H and O–H groups in total. The second kappa shape index (κ2) is 4.28. The minimum Gasteiger partial charge on any atom is -0.481 e. The molecular weight excluding hydrogens is 200 g/mol. The second-order valence-electron chi connectivity index (χ2n) is 4.70. The fourth-order valence-corrected chi connectivity index (χ4v) is 2.83. The molecule has 0 amide bonds. The van der Waals surface area contributed by atoms with Crippen LogP contribution in [0.15, 0.2) is 18.2 Å². The summed E-state index contributed by atoms with van der Waals surface area (Å²) >= 11 is 0. The average Bonchev–Trinajstić information content (AvgIpc) is 2.62. The lowest BCUT2D eigenvalue weighted by Crippen LogP contribution is -2.19. The molecule has 1 aliphatic carbocycles. The van der Waals surface area contributed by atoms with Gasteiger partial charge in [0.1, 0.15) is 0 Å².